The Labute approximate surface area is 131 Å². The van der Waals surface area contributed by atoms with Crippen LogP contribution in [0, 0.1) is 5.92 Å². The Hall–Kier alpha value is -1.12. The van der Waals surface area contributed by atoms with Crippen molar-refractivity contribution in [2.75, 3.05) is 18.8 Å². The summed E-state index contributed by atoms with van der Waals surface area (Å²) in [6.07, 6.45) is 1.42. The SMILES string of the molecule is Nc1ccc(Br)c(S(=O)(=O)N2CCCC3C(=O)NCC32)c1. The smallest absolute Gasteiger partial charge is 0.244 e. The van der Waals surface area contributed by atoms with E-state index in [1.807, 2.05) is 0 Å². The van der Waals surface area contributed by atoms with E-state index in [1.54, 1.807) is 12.1 Å². The molecule has 2 unspecified atom stereocenters. The number of rotatable bonds is 2. The molecule has 3 N–H and O–H groups in total. The number of hydrogen-bond acceptors (Lipinski definition) is 4. The first-order chi connectivity index (χ1) is 9.91. The van der Waals surface area contributed by atoms with Gasteiger partial charge < -0.3 is 11.1 Å². The molecule has 1 aromatic carbocycles. The minimum Gasteiger partial charge on any atom is -0.399 e. The van der Waals surface area contributed by atoms with Crippen molar-refractivity contribution >= 4 is 37.5 Å². The Bertz CT molecular complexity index is 692. The molecular weight excluding hydrogens is 358 g/mol. The van der Waals surface area contributed by atoms with Gasteiger partial charge in [-0.05, 0) is 47.0 Å². The highest BCUT2D eigenvalue weighted by Gasteiger charge is 2.45. The number of fused-ring (bicyclic) bond motifs is 1. The van der Waals surface area contributed by atoms with Gasteiger partial charge in [0.05, 0.1) is 16.9 Å². The van der Waals surface area contributed by atoms with Crippen molar-refractivity contribution in [2.45, 2.75) is 23.8 Å². The summed E-state index contributed by atoms with van der Waals surface area (Å²) in [6.45, 7) is 0.808. The van der Waals surface area contributed by atoms with Crippen LogP contribution in [-0.4, -0.2) is 37.8 Å². The van der Waals surface area contributed by atoms with E-state index >= 15 is 0 Å². The molecule has 2 heterocycles. The minimum atomic E-state index is -3.68. The second-order valence-corrected chi connectivity index (χ2v) is 8.08. The molecule has 2 fully saturated rings. The number of benzene rings is 1. The molecule has 8 heteroatoms. The van der Waals surface area contributed by atoms with Gasteiger partial charge in [-0.25, -0.2) is 8.42 Å². The molecule has 2 aliphatic heterocycles. The van der Waals surface area contributed by atoms with E-state index in [4.69, 9.17) is 5.73 Å². The van der Waals surface area contributed by atoms with E-state index in [9.17, 15) is 13.2 Å². The molecule has 0 bridgehead atoms. The molecule has 2 aliphatic rings. The maximum absolute atomic E-state index is 12.9. The van der Waals surface area contributed by atoms with Crippen molar-refractivity contribution in [1.82, 2.24) is 9.62 Å². The fourth-order valence-electron chi connectivity index (χ4n) is 3.05. The molecule has 1 aromatic rings. The topological polar surface area (TPSA) is 92.5 Å². The molecule has 3 rings (SSSR count). The van der Waals surface area contributed by atoms with Crippen LogP contribution in [0.5, 0.6) is 0 Å². The number of halogens is 1. The molecule has 6 nitrogen and oxygen atoms in total. The summed E-state index contributed by atoms with van der Waals surface area (Å²) in [6, 6.07) is 4.42. The van der Waals surface area contributed by atoms with E-state index in [0.29, 0.717) is 29.7 Å². The molecule has 21 heavy (non-hydrogen) atoms. The van der Waals surface area contributed by atoms with Gasteiger partial charge in [-0.1, -0.05) is 0 Å². The number of amides is 1. The number of sulfonamides is 1. The highest BCUT2D eigenvalue weighted by molar-refractivity contribution is 9.10. The maximum Gasteiger partial charge on any atom is 0.244 e. The van der Waals surface area contributed by atoms with Crippen LogP contribution in [0.1, 0.15) is 12.8 Å². The summed E-state index contributed by atoms with van der Waals surface area (Å²) in [7, 11) is -3.68. The molecule has 0 radical (unpaired) electrons. The van der Waals surface area contributed by atoms with E-state index in [0.717, 1.165) is 6.42 Å². The standard InChI is InChI=1S/C13H16BrN3O3S/c14-10-4-3-8(15)6-12(10)21(19,20)17-5-1-2-9-11(17)7-16-13(9)18/h3-4,6,9,11H,1-2,5,7,15H2,(H,16,18). The summed E-state index contributed by atoms with van der Waals surface area (Å²) in [5.74, 6) is -0.292. The van der Waals surface area contributed by atoms with Crippen LogP contribution in [0.2, 0.25) is 0 Å². The van der Waals surface area contributed by atoms with Crippen LogP contribution < -0.4 is 11.1 Å². The second kappa shape index (κ2) is 5.26. The lowest BCUT2D eigenvalue weighted by molar-refractivity contribution is -0.123. The number of hydrogen-bond donors (Lipinski definition) is 2. The lowest BCUT2D eigenvalue weighted by Gasteiger charge is -2.35. The Kier molecular flexibility index (Phi) is 3.71. The number of carbonyl (C=O) groups is 1. The number of anilines is 1. The molecule has 0 aromatic heterocycles. The van der Waals surface area contributed by atoms with E-state index in [1.165, 1.54) is 10.4 Å². The molecule has 114 valence electrons. The van der Waals surface area contributed by atoms with E-state index in [2.05, 4.69) is 21.2 Å². The average molecular weight is 374 g/mol. The first-order valence-corrected chi connectivity index (χ1v) is 8.99. The largest absolute Gasteiger partial charge is 0.399 e. The van der Waals surface area contributed by atoms with E-state index in [-0.39, 0.29) is 22.8 Å². The van der Waals surface area contributed by atoms with Crippen LogP contribution in [0.15, 0.2) is 27.6 Å². The number of carbonyl (C=O) groups excluding carboxylic acids is 1. The fraction of sp³-hybridized carbons (Fsp3) is 0.462. The zero-order valence-corrected chi connectivity index (χ0v) is 13.7. The highest BCUT2D eigenvalue weighted by Crippen LogP contribution is 2.34. The van der Waals surface area contributed by atoms with Gasteiger partial charge >= 0.3 is 0 Å². The van der Waals surface area contributed by atoms with Crippen molar-refractivity contribution < 1.29 is 13.2 Å². The Morgan fingerprint density at radius 3 is 2.90 bits per heavy atom. The second-order valence-electron chi connectivity index (χ2n) is 5.37. The van der Waals surface area contributed by atoms with Gasteiger partial charge in [0.15, 0.2) is 0 Å². The Morgan fingerprint density at radius 2 is 2.14 bits per heavy atom. The number of nitrogens with zero attached hydrogens (tertiary/aromatic N) is 1. The monoisotopic (exact) mass is 373 g/mol. The van der Waals surface area contributed by atoms with Gasteiger partial charge in [0.1, 0.15) is 0 Å². The predicted molar refractivity (Wildman–Crippen MR) is 82.0 cm³/mol. The summed E-state index contributed by atoms with van der Waals surface area (Å²) < 4.78 is 27.7. The van der Waals surface area contributed by atoms with Gasteiger partial charge in [-0.3, -0.25) is 4.79 Å². The Balaban J connectivity index is 2.01. The number of nitrogens with one attached hydrogen (secondary N) is 1. The zero-order chi connectivity index (χ0) is 15.2. The third-order valence-corrected chi connectivity index (χ3v) is 7.01. The predicted octanol–water partition coefficient (Wildman–Crippen LogP) is 0.930. The molecule has 0 saturated carbocycles. The van der Waals surface area contributed by atoms with E-state index < -0.39 is 10.0 Å². The first kappa shape index (κ1) is 14.8. The number of piperidine rings is 1. The molecule has 0 spiro atoms. The summed E-state index contributed by atoms with van der Waals surface area (Å²) in [4.78, 5) is 11.9. The maximum atomic E-state index is 12.9. The van der Waals surface area contributed by atoms with Gasteiger partial charge in [0.2, 0.25) is 15.9 Å². The lowest BCUT2D eigenvalue weighted by Crippen LogP contribution is -2.48. The van der Waals surface area contributed by atoms with Crippen LogP contribution in [0.4, 0.5) is 5.69 Å². The Morgan fingerprint density at radius 1 is 1.38 bits per heavy atom. The van der Waals surface area contributed by atoms with Gasteiger partial charge in [0.25, 0.3) is 0 Å². The fourth-order valence-corrected chi connectivity index (χ4v) is 5.71. The molecule has 0 aliphatic carbocycles. The van der Waals surface area contributed by atoms with Crippen LogP contribution in [0.3, 0.4) is 0 Å². The van der Waals surface area contributed by atoms with Crippen LogP contribution in [-0.2, 0) is 14.8 Å². The zero-order valence-electron chi connectivity index (χ0n) is 11.3. The normalized spacial score (nSPS) is 26.4. The molecular formula is C13H16BrN3O3S. The third kappa shape index (κ3) is 2.45. The molecule has 1 amide bonds. The number of nitrogens with two attached hydrogens (primary N) is 1. The molecule has 2 atom stereocenters. The summed E-state index contributed by atoms with van der Waals surface area (Å²) in [5, 5.41) is 2.76. The van der Waals surface area contributed by atoms with Crippen molar-refractivity contribution in [3.8, 4) is 0 Å². The van der Waals surface area contributed by atoms with Crippen LogP contribution >= 0.6 is 15.9 Å². The first-order valence-electron chi connectivity index (χ1n) is 6.76. The van der Waals surface area contributed by atoms with Crippen molar-refractivity contribution in [3.63, 3.8) is 0 Å². The summed E-state index contributed by atoms with van der Waals surface area (Å²) in [5.41, 5.74) is 6.11. The number of nitrogen functional groups attached to an aromatic ring is 1. The quantitative estimate of drug-likeness (QED) is 0.754. The van der Waals surface area contributed by atoms with Crippen molar-refractivity contribution in [1.29, 1.82) is 0 Å². The van der Waals surface area contributed by atoms with Gasteiger partial charge in [-0.2, -0.15) is 4.31 Å². The minimum absolute atomic E-state index is 0.0495. The lowest BCUT2D eigenvalue weighted by atomic mass is 9.93. The average Bonchev–Trinajstić information content (AvgIpc) is 2.83. The van der Waals surface area contributed by atoms with Crippen LogP contribution in [0.25, 0.3) is 0 Å². The summed E-state index contributed by atoms with van der Waals surface area (Å²) >= 11 is 3.27. The third-order valence-electron chi connectivity index (χ3n) is 4.09. The van der Waals surface area contributed by atoms with Crippen molar-refractivity contribution in [3.05, 3.63) is 22.7 Å². The van der Waals surface area contributed by atoms with Crippen molar-refractivity contribution in [2.24, 2.45) is 5.92 Å². The highest BCUT2D eigenvalue weighted by atomic mass is 79.9. The van der Waals surface area contributed by atoms with Gasteiger partial charge in [-0.15, -0.1) is 0 Å². The molecule has 2 saturated heterocycles. The van der Waals surface area contributed by atoms with Gasteiger partial charge in [0, 0.05) is 23.2 Å².